The van der Waals surface area contributed by atoms with Crippen LogP contribution >= 0.6 is 11.3 Å². The standard InChI is InChI=1S/C17H17N5O2S2/c23-26(24,17-2-1-13-25-17)22-11-9-21(10-12-22)16-4-3-15(19-20-16)14-5-7-18-8-6-14/h1-8,13H,9-12H2. The zero-order valence-corrected chi connectivity index (χ0v) is 15.5. The Kier molecular flexibility index (Phi) is 4.66. The first kappa shape index (κ1) is 17.1. The van der Waals surface area contributed by atoms with Crippen molar-refractivity contribution in [2.75, 3.05) is 31.1 Å². The van der Waals surface area contributed by atoms with E-state index in [9.17, 15) is 8.42 Å². The maximum absolute atomic E-state index is 12.6. The Morgan fingerprint density at radius 1 is 0.923 bits per heavy atom. The van der Waals surface area contributed by atoms with Gasteiger partial charge in [-0.3, -0.25) is 4.98 Å². The van der Waals surface area contributed by atoms with Gasteiger partial charge >= 0.3 is 0 Å². The van der Waals surface area contributed by atoms with Gasteiger partial charge in [0.25, 0.3) is 10.0 Å². The lowest BCUT2D eigenvalue weighted by atomic mass is 10.2. The first-order chi connectivity index (χ1) is 12.6. The van der Waals surface area contributed by atoms with E-state index in [-0.39, 0.29) is 0 Å². The van der Waals surface area contributed by atoms with Crippen molar-refractivity contribution in [2.24, 2.45) is 0 Å². The van der Waals surface area contributed by atoms with Gasteiger partial charge < -0.3 is 4.90 Å². The molecule has 4 heterocycles. The average Bonchev–Trinajstić information content (AvgIpc) is 3.25. The number of hydrogen-bond acceptors (Lipinski definition) is 7. The molecular formula is C17H17N5O2S2. The summed E-state index contributed by atoms with van der Waals surface area (Å²) in [6.07, 6.45) is 3.44. The van der Waals surface area contributed by atoms with E-state index in [1.54, 1.807) is 29.9 Å². The van der Waals surface area contributed by atoms with E-state index in [1.807, 2.05) is 24.3 Å². The van der Waals surface area contributed by atoms with Crippen LogP contribution in [0.4, 0.5) is 5.82 Å². The van der Waals surface area contributed by atoms with Crippen LogP contribution in [-0.4, -0.2) is 54.1 Å². The van der Waals surface area contributed by atoms with Gasteiger partial charge in [0.05, 0.1) is 5.69 Å². The van der Waals surface area contributed by atoms with Crippen LogP contribution in [0, 0.1) is 0 Å². The average molecular weight is 387 g/mol. The van der Waals surface area contributed by atoms with E-state index in [0.717, 1.165) is 17.1 Å². The highest BCUT2D eigenvalue weighted by Crippen LogP contribution is 2.24. The Labute approximate surface area is 156 Å². The summed E-state index contributed by atoms with van der Waals surface area (Å²) >= 11 is 1.25. The molecule has 0 amide bonds. The SMILES string of the molecule is O=S(=O)(c1cccs1)N1CCN(c2ccc(-c3ccncc3)nn2)CC1. The Morgan fingerprint density at radius 3 is 2.31 bits per heavy atom. The topological polar surface area (TPSA) is 79.3 Å². The van der Waals surface area contributed by atoms with E-state index >= 15 is 0 Å². The molecule has 0 saturated carbocycles. The molecule has 0 unspecified atom stereocenters. The van der Waals surface area contributed by atoms with Crippen LogP contribution in [0.3, 0.4) is 0 Å². The van der Waals surface area contributed by atoms with Crippen LogP contribution in [0.5, 0.6) is 0 Å². The molecule has 1 fully saturated rings. The Hall–Kier alpha value is -2.36. The van der Waals surface area contributed by atoms with Crippen LogP contribution in [0.15, 0.2) is 58.4 Å². The third kappa shape index (κ3) is 3.33. The van der Waals surface area contributed by atoms with Gasteiger partial charge in [0, 0.05) is 44.1 Å². The van der Waals surface area contributed by atoms with Gasteiger partial charge in [-0.15, -0.1) is 21.5 Å². The molecule has 3 aromatic heterocycles. The monoisotopic (exact) mass is 387 g/mol. The minimum Gasteiger partial charge on any atom is -0.352 e. The summed E-state index contributed by atoms with van der Waals surface area (Å²) in [5.74, 6) is 0.760. The molecule has 0 spiro atoms. The fourth-order valence-electron chi connectivity index (χ4n) is 2.87. The van der Waals surface area contributed by atoms with Gasteiger partial charge in [-0.25, -0.2) is 8.42 Å². The largest absolute Gasteiger partial charge is 0.352 e. The number of hydrogen-bond donors (Lipinski definition) is 0. The van der Waals surface area contributed by atoms with Gasteiger partial charge in [0.15, 0.2) is 5.82 Å². The van der Waals surface area contributed by atoms with Crippen molar-refractivity contribution in [1.82, 2.24) is 19.5 Å². The molecule has 0 radical (unpaired) electrons. The highest BCUT2D eigenvalue weighted by atomic mass is 32.2. The first-order valence-electron chi connectivity index (χ1n) is 8.17. The van der Waals surface area contributed by atoms with Gasteiger partial charge in [-0.1, -0.05) is 6.07 Å². The number of piperazine rings is 1. The van der Waals surface area contributed by atoms with E-state index in [4.69, 9.17) is 0 Å². The van der Waals surface area contributed by atoms with E-state index < -0.39 is 10.0 Å². The van der Waals surface area contributed by atoms with E-state index in [2.05, 4.69) is 20.1 Å². The highest BCUT2D eigenvalue weighted by Gasteiger charge is 2.29. The summed E-state index contributed by atoms with van der Waals surface area (Å²) in [7, 11) is -3.38. The van der Waals surface area contributed by atoms with Gasteiger partial charge in [-0.05, 0) is 35.7 Å². The maximum atomic E-state index is 12.6. The van der Waals surface area contributed by atoms with Crippen LogP contribution < -0.4 is 4.90 Å². The van der Waals surface area contributed by atoms with Crippen molar-refractivity contribution in [1.29, 1.82) is 0 Å². The van der Waals surface area contributed by atoms with Crippen molar-refractivity contribution in [3.8, 4) is 11.3 Å². The van der Waals surface area contributed by atoms with Crippen molar-refractivity contribution in [3.05, 3.63) is 54.2 Å². The number of pyridine rings is 1. The fourth-order valence-corrected chi connectivity index (χ4v) is 5.43. The summed E-state index contributed by atoms with van der Waals surface area (Å²) in [5.41, 5.74) is 1.75. The number of aromatic nitrogens is 3. The summed E-state index contributed by atoms with van der Waals surface area (Å²) in [6.45, 7) is 2.06. The molecule has 0 N–H and O–H groups in total. The molecular weight excluding hydrogens is 370 g/mol. The van der Waals surface area contributed by atoms with E-state index in [0.29, 0.717) is 30.4 Å². The lowest BCUT2D eigenvalue weighted by Crippen LogP contribution is -2.48. The maximum Gasteiger partial charge on any atom is 0.252 e. The van der Waals surface area contributed by atoms with Crippen LogP contribution in [0.25, 0.3) is 11.3 Å². The second-order valence-corrected chi connectivity index (χ2v) is 8.95. The summed E-state index contributed by atoms with van der Waals surface area (Å²) in [6, 6.07) is 11.0. The van der Waals surface area contributed by atoms with Gasteiger partial charge in [0.1, 0.15) is 4.21 Å². The molecule has 1 aliphatic heterocycles. The molecule has 7 nitrogen and oxygen atoms in total. The number of nitrogens with zero attached hydrogens (tertiary/aromatic N) is 5. The third-order valence-electron chi connectivity index (χ3n) is 4.28. The van der Waals surface area contributed by atoms with Crippen LogP contribution in [0.1, 0.15) is 0 Å². The molecule has 4 rings (SSSR count). The summed E-state index contributed by atoms with van der Waals surface area (Å²) in [5, 5.41) is 10.4. The first-order valence-corrected chi connectivity index (χ1v) is 10.5. The molecule has 0 atom stereocenters. The predicted molar refractivity (Wildman–Crippen MR) is 101 cm³/mol. The molecule has 0 bridgehead atoms. The Morgan fingerprint density at radius 2 is 1.69 bits per heavy atom. The van der Waals surface area contributed by atoms with Crippen molar-refractivity contribution in [3.63, 3.8) is 0 Å². The van der Waals surface area contributed by atoms with Crippen LogP contribution in [-0.2, 0) is 10.0 Å². The molecule has 134 valence electrons. The molecule has 26 heavy (non-hydrogen) atoms. The molecule has 0 aromatic carbocycles. The predicted octanol–water partition coefficient (Wildman–Crippen LogP) is 2.11. The van der Waals surface area contributed by atoms with Gasteiger partial charge in [0.2, 0.25) is 0 Å². The van der Waals surface area contributed by atoms with Gasteiger partial charge in [-0.2, -0.15) is 4.31 Å². The second-order valence-electron chi connectivity index (χ2n) is 5.84. The van der Waals surface area contributed by atoms with Crippen molar-refractivity contribution >= 4 is 27.2 Å². The fraction of sp³-hybridized carbons (Fsp3) is 0.235. The number of rotatable bonds is 4. The number of sulfonamides is 1. The second kappa shape index (κ2) is 7.10. The highest BCUT2D eigenvalue weighted by molar-refractivity contribution is 7.91. The minimum absolute atomic E-state index is 0.396. The number of anilines is 1. The summed E-state index contributed by atoms with van der Waals surface area (Å²) in [4.78, 5) is 6.06. The normalized spacial score (nSPS) is 15.9. The smallest absolute Gasteiger partial charge is 0.252 e. The molecule has 9 heteroatoms. The zero-order chi connectivity index (χ0) is 18.0. The quantitative estimate of drug-likeness (QED) is 0.682. The van der Waals surface area contributed by atoms with Crippen LogP contribution in [0.2, 0.25) is 0 Å². The molecule has 0 aliphatic carbocycles. The molecule has 1 saturated heterocycles. The lowest BCUT2D eigenvalue weighted by Gasteiger charge is -2.34. The zero-order valence-electron chi connectivity index (χ0n) is 13.9. The molecule has 3 aromatic rings. The third-order valence-corrected chi connectivity index (χ3v) is 7.55. The number of thiophene rings is 1. The summed E-state index contributed by atoms with van der Waals surface area (Å²) < 4.78 is 27.1. The van der Waals surface area contributed by atoms with E-state index in [1.165, 1.54) is 15.6 Å². The molecule has 1 aliphatic rings. The Bertz CT molecular complexity index is 952. The minimum atomic E-state index is -3.38. The Balaban J connectivity index is 1.44. The van der Waals surface area contributed by atoms with Crippen molar-refractivity contribution < 1.29 is 8.42 Å². The van der Waals surface area contributed by atoms with Crippen molar-refractivity contribution in [2.45, 2.75) is 4.21 Å². The lowest BCUT2D eigenvalue weighted by molar-refractivity contribution is 0.384.